The smallest absolute Gasteiger partial charge is 0.251 e. The first-order chi connectivity index (χ1) is 14.6. The van der Waals surface area contributed by atoms with Gasteiger partial charge in [0.1, 0.15) is 5.75 Å². The predicted molar refractivity (Wildman–Crippen MR) is 118 cm³/mol. The number of amides is 2. The Labute approximate surface area is 177 Å². The first-order valence-electron chi connectivity index (χ1n) is 9.75. The van der Waals surface area contributed by atoms with Crippen LogP contribution in [0.1, 0.15) is 26.3 Å². The zero-order valence-electron chi connectivity index (χ0n) is 17.6. The van der Waals surface area contributed by atoms with Gasteiger partial charge in [0.25, 0.3) is 11.8 Å². The normalized spacial score (nSPS) is 10.8. The lowest BCUT2D eigenvalue weighted by Crippen LogP contribution is -2.42. The third kappa shape index (κ3) is 7.12. The average Bonchev–Trinajstić information content (AvgIpc) is 2.80. The lowest BCUT2D eigenvalue weighted by molar-refractivity contribution is 0.0949. The minimum absolute atomic E-state index is 0.0982. The predicted octanol–water partition coefficient (Wildman–Crippen LogP) is 1.19. The maximum atomic E-state index is 12.1. The van der Waals surface area contributed by atoms with E-state index in [2.05, 4.69) is 26.3 Å². The van der Waals surface area contributed by atoms with Crippen LogP contribution in [0.4, 0.5) is 0 Å². The van der Waals surface area contributed by atoms with E-state index in [1.165, 1.54) is 0 Å². The van der Waals surface area contributed by atoms with Crippen LogP contribution in [-0.2, 0) is 6.42 Å². The largest absolute Gasteiger partial charge is 0.497 e. The van der Waals surface area contributed by atoms with Crippen LogP contribution >= 0.6 is 0 Å². The molecule has 0 atom stereocenters. The van der Waals surface area contributed by atoms with E-state index in [0.717, 1.165) is 12.0 Å². The fraction of sp³-hybridized carbons (Fsp3) is 0.318. The molecule has 2 aromatic rings. The molecule has 8 nitrogen and oxygen atoms in total. The monoisotopic (exact) mass is 411 g/mol. The molecule has 0 bridgehead atoms. The van der Waals surface area contributed by atoms with Crippen molar-refractivity contribution in [2.75, 3.05) is 40.8 Å². The molecule has 30 heavy (non-hydrogen) atoms. The van der Waals surface area contributed by atoms with Crippen molar-refractivity contribution in [2.24, 2.45) is 4.99 Å². The molecule has 0 aliphatic rings. The van der Waals surface area contributed by atoms with Crippen LogP contribution in [-0.4, -0.2) is 58.6 Å². The van der Waals surface area contributed by atoms with Crippen LogP contribution in [0.2, 0.25) is 0 Å². The molecule has 2 aromatic carbocycles. The van der Waals surface area contributed by atoms with E-state index >= 15 is 0 Å². The van der Waals surface area contributed by atoms with Crippen LogP contribution in [0.25, 0.3) is 0 Å². The number of carbonyl (C=O) groups excluding carboxylic acids is 2. The Hall–Kier alpha value is -3.55. The maximum absolute atomic E-state index is 12.1. The van der Waals surface area contributed by atoms with Gasteiger partial charge in [-0.1, -0.05) is 12.1 Å². The summed E-state index contributed by atoms with van der Waals surface area (Å²) >= 11 is 0. The number of nitrogens with zero attached hydrogens (tertiary/aromatic N) is 1. The molecule has 2 amide bonds. The van der Waals surface area contributed by atoms with E-state index in [0.29, 0.717) is 42.5 Å². The third-order valence-corrected chi connectivity index (χ3v) is 4.40. The number of benzene rings is 2. The SMILES string of the molecule is CN=C(NCCNC(=O)c1ccc(OC)cc1)NCCc1cccc(C(=O)NC)c1. The molecular weight excluding hydrogens is 382 g/mol. The minimum atomic E-state index is -0.140. The molecule has 0 radical (unpaired) electrons. The average molecular weight is 412 g/mol. The molecule has 2 rings (SSSR count). The van der Waals surface area contributed by atoms with Crippen molar-refractivity contribution in [3.63, 3.8) is 0 Å². The summed E-state index contributed by atoms with van der Waals surface area (Å²) < 4.78 is 5.09. The molecule has 0 aliphatic heterocycles. The molecule has 0 unspecified atom stereocenters. The molecule has 0 heterocycles. The summed E-state index contributed by atoms with van der Waals surface area (Å²) in [6.45, 7) is 1.66. The second-order valence-electron chi connectivity index (χ2n) is 6.44. The first kappa shape index (κ1) is 22.7. The van der Waals surface area contributed by atoms with Gasteiger partial charge in [0.2, 0.25) is 0 Å². The number of methoxy groups -OCH3 is 1. The van der Waals surface area contributed by atoms with Gasteiger partial charge in [-0.3, -0.25) is 14.6 Å². The Kier molecular flexibility index (Phi) is 9.18. The number of hydrogen-bond acceptors (Lipinski definition) is 4. The van der Waals surface area contributed by atoms with Crippen LogP contribution in [0.5, 0.6) is 5.75 Å². The number of nitrogens with one attached hydrogen (secondary N) is 4. The van der Waals surface area contributed by atoms with E-state index in [1.807, 2.05) is 18.2 Å². The summed E-state index contributed by atoms with van der Waals surface area (Å²) in [4.78, 5) is 28.0. The standard InChI is InChI=1S/C22H29N5O3/c1-23-20(28)18-6-4-5-16(15-18)11-12-26-22(24-2)27-14-13-25-21(29)17-7-9-19(30-3)10-8-17/h4-10,15H,11-14H2,1-3H3,(H,23,28)(H,25,29)(H2,24,26,27). The number of hydrogen-bond donors (Lipinski definition) is 4. The van der Waals surface area contributed by atoms with E-state index in [-0.39, 0.29) is 11.8 Å². The third-order valence-electron chi connectivity index (χ3n) is 4.40. The number of guanidine groups is 1. The second-order valence-corrected chi connectivity index (χ2v) is 6.44. The highest BCUT2D eigenvalue weighted by atomic mass is 16.5. The number of aliphatic imine (C=N–C) groups is 1. The molecule has 8 heteroatoms. The lowest BCUT2D eigenvalue weighted by atomic mass is 10.1. The molecule has 0 spiro atoms. The van der Waals surface area contributed by atoms with Crippen LogP contribution in [0.15, 0.2) is 53.5 Å². The summed E-state index contributed by atoms with van der Waals surface area (Å²) in [5, 5.41) is 11.9. The zero-order valence-corrected chi connectivity index (χ0v) is 17.6. The fourth-order valence-corrected chi connectivity index (χ4v) is 2.76. The summed E-state index contributed by atoms with van der Waals surface area (Å²) in [5.41, 5.74) is 2.29. The molecule has 160 valence electrons. The highest BCUT2D eigenvalue weighted by Crippen LogP contribution is 2.10. The molecule has 0 aromatic heterocycles. The van der Waals surface area contributed by atoms with Crippen molar-refractivity contribution >= 4 is 17.8 Å². The highest BCUT2D eigenvalue weighted by Gasteiger charge is 2.06. The Balaban J connectivity index is 1.69. The maximum Gasteiger partial charge on any atom is 0.251 e. The zero-order chi connectivity index (χ0) is 21.8. The Bertz CT molecular complexity index is 865. The first-order valence-corrected chi connectivity index (χ1v) is 9.75. The molecule has 0 saturated heterocycles. The van der Waals surface area contributed by atoms with Crippen LogP contribution in [0, 0.1) is 0 Å². The lowest BCUT2D eigenvalue weighted by Gasteiger charge is -2.13. The Morgan fingerprint density at radius 2 is 1.60 bits per heavy atom. The van der Waals surface area contributed by atoms with E-state index < -0.39 is 0 Å². The van der Waals surface area contributed by atoms with Gasteiger partial charge in [0.05, 0.1) is 7.11 Å². The molecule has 0 fully saturated rings. The number of carbonyl (C=O) groups is 2. The molecule has 0 aliphatic carbocycles. The van der Waals surface area contributed by atoms with Crippen LogP contribution in [0.3, 0.4) is 0 Å². The Morgan fingerprint density at radius 3 is 2.27 bits per heavy atom. The molecular formula is C22H29N5O3. The van der Waals surface area contributed by atoms with Gasteiger partial charge < -0.3 is 26.0 Å². The Morgan fingerprint density at radius 1 is 0.900 bits per heavy atom. The minimum Gasteiger partial charge on any atom is -0.497 e. The van der Waals surface area contributed by atoms with Gasteiger partial charge in [-0.2, -0.15) is 0 Å². The topological polar surface area (TPSA) is 104 Å². The van der Waals surface area contributed by atoms with Gasteiger partial charge in [-0.05, 0) is 48.4 Å². The van der Waals surface area contributed by atoms with Crippen molar-refractivity contribution in [2.45, 2.75) is 6.42 Å². The highest BCUT2D eigenvalue weighted by molar-refractivity contribution is 5.94. The number of ether oxygens (including phenoxy) is 1. The molecule has 0 saturated carbocycles. The summed E-state index contributed by atoms with van der Waals surface area (Å²) in [7, 11) is 4.90. The summed E-state index contributed by atoms with van der Waals surface area (Å²) in [6, 6.07) is 14.5. The number of rotatable bonds is 9. The van der Waals surface area contributed by atoms with Gasteiger partial charge in [0.15, 0.2) is 5.96 Å². The molecule has 4 N–H and O–H groups in total. The van der Waals surface area contributed by atoms with Crippen molar-refractivity contribution in [1.29, 1.82) is 0 Å². The van der Waals surface area contributed by atoms with Gasteiger partial charge >= 0.3 is 0 Å². The van der Waals surface area contributed by atoms with Crippen molar-refractivity contribution in [3.8, 4) is 5.75 Å². The van der Waals surface area contributed by atoms with E-state index in [9.17, 15) is 9.59 Å². The van der Waals surface area contributed by atoms with Crippen molar-refractivity contribution in [3.05, 3.63) is 65.2 Å². The van der Waals surface area contributed by atoms with Crippen molar-refractivity contribution < 1.29 is 14.3 Å². The van der Waals surface area contributed by atoms with Gasteiger partial charge in [-0.25, -0.2) is 0 Å². The summed E-state index contributed by atoms with van der Waals surface area (Å²) in [5.74, 6) is 1.12. The summed E-state index contributed by atoms with van der Waals surface area (Å²) in [6.07, 6.45) is 0.750. The van der Waals surface area contributed by atoms with Crippen LogP contribution < -0.4 is 26.0 Å². The van der Waals surface area contributed by atoms with Gasteiger partial charge in [-0.15, -0.1) is 0 Å². The van der Waals surface area contributed by atoms with E-state index in [1.54, 1.807) is 51.5 Å². The van der Waals surface area contributed by atoms with E-state index in [4.69, 9.17) is 4.74 Å². The van der Waals surface area contributed by atoms with Gasteiger partial charge in [0, 0.05) is 44.9 Å². The second kappa shape index (κ2) is 12.1. The quantitative estimate of drug-likeness (QED) is 0.282. The fourth-order valence-electron chi connectivity index (χ4n) is 2.76. The van der Waals surface area contributed by atoms with Crippen molar-refractivity contribution in [1.82, 2.24) is 21.3 Å².